The van der Waals surface area contributed by atoms with Gasteiger partial charge in [0.1, 0.15) is 0 Å². The van der Waals surface area contributed by atoms with Gasteiger partial charge in [0.15, 0.2) is 0 Å². The van der Waals surface area contributed by atoms with Crippen LogP contribution in [0.4, 0.5) is 5.69 Å². The Kier molecular flexibility index (Phi) is 6.56. The number of nitro benzene ring substituents is 1. The zero-order valence-electron chi connectivity index (χ0n) is 14.0. The second kappa shape index (κ2) is 8.30. The van der Waals surface area contributed by atoms with Crippen molar-refractivity contribution in [3.8, 4) is 0 Å². The zero-order chi connectivity index (χ0) is 18.0. The van der Waals surface area contributed by atoms with Gasteiger partial charge in [-0.15, -0.1) is 12.4 Å². The van der Waals surface area contributed by atoms with Crippen molar-refractivity contribution in [2.45, 2.75) is 23.8 Å². The zero-order valence-corrected chi connectivity index (χ0v) is 15.7. The SMILES string of the molecule is Cl.O=C1CNCCN1C1CCCN(S(=O)(=O)c2ccc([N+](=O)[O-])cc2)C1. The molecule has 0 saturated carbocycles. The van der Waals surface area contributed by atoms with Crippen molar-refractivity contribution in [1.29, 1.82) is 0 Å². The maximum Gasteiger partial charge on any atom is 0.269 e. The summed E-state index contributed by atoms with van der Waals surface area (Å²) in [7, 11) is -3.74. The van der Waals surface area contributed by atoms with Crippen LogP contribution < -0.4 is 5.32 Å². The Hall–Kier alpha value is -1.75. The summed E-state index contributed by atoms with van der Waals surface area (Å²) in [5, 5.41) is 13.7. The molecule has 1 N–H and O–H groups in total. The van der Waals surface area contributed by atoms with Crippen molar-refractivity contribution >= 4 is 34.0 Å². The third kappa shape index (κ3) is 4.14. The van der Waals surface area contributed by atoms with Crippen LogP contribution in [-0.4, -0.2) is 67.2 Å². The van der Waals surface area contributed by atoms with E-state index in [1.54, 1.807) is 4.90 Å². The standard InChI is InChI=1S/C15H20N4O5S.ClH/c20-15-10-16-7-9-18(15)13-2-1-8-17(11-13)25(23,24)14-5-3-12(4-6-14)19(21)22;/h3-6,13,16H,1-2,7-11H2;1H. The number of halogens is 1. The molecule has 1 aromatic rings. The molecule has 0 bridgehead atoms. The molecule has 26 heavy (non-hydrogen) atoms. The fourth-order valence-corrected chi connectivity index (χ4v) is 4.81. The maximum atomic E-state index is 12.8. The number of carbonyl (C=O) groups excluding carboxylic acids is 1. The van der Waals surface area contributed by atoms with Gasteiger partial charge in [-0.2, -0.15) is 4.31 Å². The smallest absolute Gasteiger partial charge is 0.269 e. The Morgan fingerprint density at radius 3 is 2.50 bits per heavy atom. The number of nitro groups is 1. The van der Waals surface area contributed by atoms with Gasteiger partial charge in [0.25, 0.3) is 5.69 Å². The summed E-state index contributed by atoms with van der Waals surface area (Å²) in [5.41, 5.74) is -0.151. The number of rotatable bonds is 4. The van der Waals surface area contributed by atoms with Crippen LogP contribution in [0.2, 0.25) is 0 Å². The summed E-state index contributed by atoms with van der Waals surface area (Å²) in [6.45, 7) is 2.21. The van der Waals surface area contributed by atoms with E-state index >= 15 is 0 Å². The number of sulfonamides is 1. The van der Waals surface area contributed by atoms with Gasteiger partial charge in [0.2, 0.25) is 15.9 Å². The number of hydrogen-bond donors (Lipinski definition) is 1. The van der Waals surface area contributed by atoms with E-state index in [4.69, 9.17) is 0 Å². The normalized spacial score (nSPS) is 21.9. The molecule has 2 saturated heterocycles. The minimum atomic E-state index is -3.74. The van der Waals surface area contributed by atoms with Crippen LogP contribution in [0.25, 0.3) is 0 Å². The van der Waals surface area contributed by atoms with Crippen LogP contribution in [0.5, 0.6) is 0 Å². The van der Waals surface area contributed by atoms with Crippen LogP contribution in [0.3, 0.4) is 0 Å². The first-order chi connectivity index (χ1) is 11.9. The number of piperidine rings is 1. The van der Waals surface area contributed by atoms with Crippen molar-refractivity contribution in [3.63, 3.8) is 0 Å². The highest BCUT2D eigenvalue weighted by Crippen LogP contribution is 2.25. The topological polar surface area (TPSA) is 113 Å². The molecule has 9 nitrogen and oxygen atoms in total. The van der Waals surface area contributed by atoms with E-state index in [1.165, 1.54) is 28.6 Å². The summed E-state index contributed by atoms with van der Waals surface area (Å²) < 4.78 is 27.0. The van der Waals surface area contributed by atoms with Gasteiger partial charge in [-0.1, -0.05) is 0 Å². The first kappa shape index (κ1) is 20.6. The summed E-state index contributed by atoms with van der Waals surface area (Å²) in [5.74, 6) is -0.00849. The molecule has 2 aliphatic rings. The van der Waals surface area contributed by atoms with E-state index in [0.717, 1.165) is 6.42 Å². The van der Waals surface area contributed by atoms with Crippen molar-refractivity contribution in [2.24, 2.45) is 0 Å². The molecule has 0 spiro atoms. The maximum absolute atomic E-state index is 12.8. The molecular formula is C15H21ClN4O5S. The highest BCUT2D eigenvalue weighted by atomic mass is 35.5. The highest BCUT2D eigenvalue weighted by Gasteiger charge is 2.35. The average Bonchev–Trinajstić information content (AvgIpc) is 2.62. The van der Waals surface area contributed by atoms with E-state index in [0.29, 0.717) is 26.1 Å². The van der Waals surface area contributed by atoms with Gasteiger partial charge >= 0.3 is 0 Å². The van der Waals surface area contributed by atoms with Crippen LogP contribution in [-0.2, 0) is 14.8 Å². The van der Waals surface area contributed by atoms with E-state index in [1.807, 2.05) is 0 Å². The van der Waals surface area contributed by atoms with Crippen LogP contribution in [0.15, 0.2) is 29.2 Å². The fraction of sp³-hybridized carbons (Fsp3) is 0.533. The first-order valence-electron chi connectivity index (χ1n) is 8.14. The number of carbonyl (C=O) groups is 1. The minimum absolute atomic E-state index is 0. The van der Waals surface area contributed by atoms with Gasteiger partial charge in [0, 0.05) is 44.4 Å². The first-order valence-corrected chi connectivity index (χ1v) is 9.58. The predicted octanol–water partition coefficient (Wildman–Crippen LogP) is 0.601. The Labute approximate surface area is 158 Å². The summed E-state index contributed by atoms with van der Waals surface area (Å²) in [6.07, 6.45) is 1.45. The molecule has 1 atom stereocenters. The molecule has 144 valence electrons. The average molecular weight is 405 g/mol. The molecule has 1 unspecified atom stereocenters. The van der Waals surface area contributed by atoms with E-state index in [-0.39, 0.29) is 48.0 Å². The summed E-state index contributed by atoms with van der Waals surface area (Å²) in [4.78, 5) is 24.0. The Morgan fingerprint density at radius 1 is 1.19 bits per heavy atom. The molecule has 3 rings (SSSR count). The lowest BCUT2D eigenvalue weighted by atomic mass is 10.1. The molecular weight excluding hydrogens is 384 g/mol. The quantitative estimate of drug-likeness (QED) is 0.580. The lowest BCUT2D eigenvalue weighted by molar-refractivity contribution is -0.384. The number of non-ortho nitro benzene ring substituents is 1. The minimum Gasteiger partial charge on any atom is -0.336 e. The Balaban J connectivity index is 0.00000243. The molecule has 2 heterocycles. The molecule has 0 aromatic heterocycles. The van der Waals surface area contributed by atoms with Crippen molar-refractivity contribution in [2.75, 3.05) is 32.7 Å². The van der Waals surface area contributed by atoms with E-state index < -0.39 is 14.9 Å². The molecule has 2 aliphatic heterocycles. The number of hydrogen-bond acceptors (Lipinski definition) is 6. The van der Waals surface area contributed by atoms with Gasteiger partial charge in [-0.3, -0.25) is 14.9 Å². The fourth-order valence-electron chi connectivity index (χ4n) is 3.29. The molecule has 0 aliphatic carbocycles. The highest BCUT2D eigenvalue weighted by molar-refractivity contribution is 7.89. The molecule has 1 aromatic carbocycles. The number of nitrogens with one attached hydrogen (secondary N) is 1. The summed E-state index contributed by atoms with van der Waals surface area (Å²) in [6, 6.07) is 4.76. The second-order valence-electron chi connectivity index (χ2n) is 6.17. The lowest BCUT2D eigenvalue weighted by Gasteiger charge is -2.40. The molecule has 0 radical (unpaired) electrons. The third-order valence-electron chi connectivity index (χ3n) is 4.61. The van der Waals surface area contributed by atoms with Crippen molar-refractivity contribution in [3.05, 3.63) is 34.4 Å². The van der Waals surface area contributed by atoms with Gasteiger partial charge in [-0.05, 0) is 25.0 Å². The number of benzene rings is 1. The van der Waals surface area contributed by atoms with Crippen molar-refractivity contribution in [1.82, 2.24) is 14.5 Å². The van der Waals surface area contributed by atoms with E-state index in [9.17, 15) is 23.3 Å². The van der Waals surface area contributed by atoms with Crippen LogP contribution in [0, 0.1) is 10.1 Å². The Morgan fingerprint density at radius 2 is 1.88 bits per heavy atom. The largest absolute Gasteiger partial charge is 0.336 e. The monoisotopic (exact) mass is 404 g/mol. The van der Waals surface area contributed by atoms with Crippen LogP contribution >= 0.6 is 12.4 Å². The number of nitrogens with zero attached hydrogens (tertiary/aromatic N) is 3. The van der Waals surface area contributed by atoms with Gasteiger partial charge in [0.05, 0.1) is 16.4 Å². The molecule has 1 amide bonds. The number of piperazine rings is 1. The third-order valence-corrected chi connectivity index (χ3v) is 6.49. The van der Waals surface area contributed by atoms with E-state index in [2.05, 4.69) is 5.32 Å². The van der Waals surface area contributed by atoms with Crippen LogP contribution in [0.1, 0.15) is 12.8 Å². The van der Waals surface area contributed by atoms with Gasteiger partial charge < -0.3 is 10.2 Å². The molecule has 2 fully saturated rings. The number of amides is 1. The van der Waals surface area contributed by atoms with Crippen molar-refractivity contribution < 1.29 is 18.1 Å². The van der Waals surface area contributed by atoms with Gasteiger partial charge in [-0.25, -0.2) is 8.42 Å². The molecule has 11 heteroatoms. The second-order valence-corrected chi connectivity index (χ2v) is 8.11. The Bertz CT molecular complexity index is 771. The predicted molar refractivity (Wildman–Crippen MR) is 96.7 cm³/mol. The lowest BCUT2D eigenvalue weighted by Crippen LogP contribution is -2.57. The summed E-state index contributed by atoms with van der Waals surface area (Å²) >= 11 is 0.